The normalized spacial score (nSPS) is 16.3. The van der Waals surface area contributed by atoms with Gasteiger partial charge in [-0.1, -0.05) is 12.8 Å². The molecule has 0 radical (unpaired) electrons. The van der Waals surface area contributed by atoms with Crippen molar-refractivity contribution < 1.29 is 9.90 Å². The highest BCUT2D eigenvalue weighted by Crippen LogP contribution is 2.25. The van der Waals surface area contributed by atoms with Crippen molar-refractivity contribution in [2.24, 2.45) is 0 Å². The number of hydrogen-bond donors (Lipinski definition) is 3. The minimum atomic E-state index is -0.141. The second-order valence-corrected chi connectivity index (χ2v) is 4.36. The molecule has 6 nitrogen and oxygen atoms in total. The first-order valence-electron chi connectivity index (χ1n) is 5.94. The number of aromatic nitrogens is 2. The highest BCUT2D eigenvalue weighted by molar-refractivity contribution is 5.98. The maximum absolute atomic E-state index is 12.3. The minimum absolute atomic E-state index is 0.0278. The van der Waals surface area contributed by atoms with Crippen molar-refractivity contribution in [3.8, 4) is 0 Å². The van der Waals surface area contributed by atoms with Gasteiger partial charge < -0.3 is 15.7 Å². The van der Waals surface area contributed by atoms with Gasteiger partial charge in [0.2, 0.25) is 0 Å². The molecule has 1 amide bonds. The zero-order valence-corrected chi connectivity index (χ0v) is 9.72. The van der Waals surface area contributed by atoms with Crippen LogP contribution in [0.4, 0.5) is 5.82 Å². The average Bonchev–Trinajstić information content (AvgIpc) is 2.95. The lowest BCUT2D eigenvalue weighted by atomic mass is 10.1. The molecule has 1 aromatic rings. The number of nitrogens with two attached hydrogens (primary N) is 1. The molecular weight excluding hydrogens is 220 g/mol. The maximum atomic E-state index is 12.3. The molecule has 1 aliphatic carbocycles. The number of carbonyl (C=O) groups is 1. The van der Waals surface area contributed by atoms with Gasteiger partial charge in [-0.25, -0.2) is 0 Å². The van der Waals surface area contributed by atoms with Gasteiger partial charge in [-0.15, -0.1) is 0 Å². The summed E-state index contributed by atoms with van der Waals surface area (Å²) in [6.07, 6.45) is 5.73. The summed E-state index contributed by atoms with van der Waals surface area (Å²) in [4.78, 5) is 14.0. The zero-order valence-electron chi connectivity index (χ0n) is 9.72. The molecule has 0 atom stereocenters. The van der Waals surface area contributed by atoms with Crippen LogP contribution >= 0.6 is 0 Å². The second kappa shape index (κ2) is 5.18. The number of nitrogen functional groups attached to an aromatic ring is 1. The van der Waals surface area contributed by atoms with Gasteiger partial charge in [-0.05, 0) is 12.8 Å². The van der Waals surface area contributed by atoms with Crippen LogP contribution in [0.5, 0.6) is 0 Å². The molecule has 0 saturated heterocycles. The second-order valence-electron chi connectivity index (χ2n) is 4.36. The van der Waals surface area contributed by atoms with E-state index in [1.54, 1.807) is 4.90 Å². The SMILES string of the molecule is Nc1[nH]ncc1C(=O)N(CCO)C1CCCC1. The van der Waals surface area contributed by atoms with E-state index < -0.39 is 0 Å². The number of aromatic amines is 1. The smallest absolute Gasteiger partial charge is 0.259 e. The van der Waals surface area contributed by atoms with Crippen molar-refractivity contribution in [1.82, 2.24) is 15.1 Å². The molecule has 6 heteroatoms. The van der Waals surface area contributed by atoms with Gasteiger partial charge in [0.15, 0.2) is 0 Å². The molecule has 0 unspecified atom stereocenters. The molecule has 94 valence electrons. The number of rotatable bonds is 4. The Morgan fingerprint density at radius 3 is 2.82 bits per heavy atom. The molecular formula is C11H18N4O2. The first-order valence-corrected chi connectivity index (χ1v) is 5.94. The summed E-state index contributed by atoms with van der Waals surface area (Å²) >= 11 is 0. The molecule has 1 fully saturated rings. The van der Waals surface area contributed by atoms with Crippen LogP contribution in [0.15, 0.2) is 6.20 Å². The Morgan fingerprint density at radius 1 is 1.59 bits per heavy atom. The Hall–Kier alpha value is -1.56. The maximum Gasteiger partial charge on any atom is 0.259 e. The van der Waals surface area contributed by atoms with Crippen molar-refractivity contribution in [3.63, 3.8) is 0 Å². The summed E-state index contributed by atoms with van der Waals surface area (Å²) in [5.41, 5.74) is 6.04. The number of aliphatic hydroxyl groups is 1. The van der Waals surface area contributed by atoms with Crippen molar-refractivity contribution >= 4 is 11.7 Å². The number of H-pyrrole nitrogens is 1. The number of anilines is 1. The van der Waals surface area contributed by atoms with Gasteiger partial charge in [0.25, 0.3) is 5.91 Å². The van der Waals surface area contributed by atoms with E-state index in [9.17, 15) is 4.79 Å². The number of amides is 1. The number of nitrogens with one attached hydrogen (secondary N) is 1. The van der Waals surface area contributed by atoms with E-state index in [1.165, 1.54) is 6.20 Å². The molecule has 17 heavy (non-hydrogen) atoms. The molecule has 1 saturated carbocycles. The van der Waals surface area contributed by atoms with Gasteiger partial charge in [-0.3, -0.25) is 9.89 Å². The van der Waals surface area contributed by atoms with Crippen LogP contribution in [0.3, 0.4) is 0 Å². The summed E-state index contributed by atoms with van der Waals surface area (Å²) in [6.45, 7) is 0.327. The summed E-state index contributed by atoms with van der Waals surface area (Å²) < 4.78 is 0. The third kappa shape index (κ3) is 2.41. The van der Waals surface area contributed by atoms with Crippen LogP contribution in [0.25, 0.3) is 0 Å². The average molecular weight is 238 g/mol. The standard InChI is InChI=1S/C11H18N4O2/c12-10-9(7-13-14-10)11(17)15(5-6-16)8-3-1-2-4-8/h7-8,16H,1-6H2,(H3,12,13,14). The van der Waals surface area contributed by atoms with Gasteiger partial charge in [0, 0.05) is 12.6 Å². The van der Waals surface area contributed by atoms with E-state index >= 15 is 0 Å². The van der Waals surface area contributed by atoms with Crippen LogP contribution in [0, 0.1) is 0 Å². The van der Waals surface area contributed by atoms with Crippen LogP contribution in [0.2, 0.25) is 0 Å². The van der Waals surface area contributed by atoms with Gasteiger partial charge in [0.1, 0.15) is 11.4 Å². The Morgan fingerprint density at radius 2 is 2.29 bits per heavy atom. The predicted molar refractivity (Wildman–Crippen MR) is 63.4 cm³/mol. The third-order valence-electron chi connectivity index (χ3n) is 3.27. The fourth-order valence-electron chi connectivity index (χ4n) is 2.39. The first kappa shape index (κ1) is 11.9. The fourth-order valence-corrected chi connectivity index (χ4v) is 2.39. The first-order chi connectivity index (χ1) is 8.24. The molecule has 2 rings (SSSR count). The van der Waals surface area contributed by atoms with Crippen molar-refractivity contribution in [1.29, 1.82) is 0 Å². The van der Waals surface area contributed by atoms with E-state index in [0.29, 0.717) is 12.1 Å². The lowest BCUT2D eigenvalue weighted by molar-refractivity contribution is 0.0639. The molecule has 0 spiro atoms. The topological polar surface area (TPSA) is 95.2 Å². The zero-order chi connectivity index (χ0) is 12.3. The van der Waals surface area contributed by atoms with E-state index in [-0.39, 0.29) is 24.4 Å². The van der Waals surface area contributed by atoms with E-state index in [4.69, 9.17) is 10.8 Å². The molecule has 0 aromatic carbocycles. The molecule has 4 N–H and O–H groups in total. The van der Waals surface area contributed by atoms with E-state index in [0.717, 1.165) is 25.7 Å². The Labute approximate surface area is 99.8 Å². The van der Waals surface area contributed by atoms with Crippen LogP contribution in [-0.2, 0) is 0 Å². The van der Waals surface area contributed by atoms with Gasteiger partial charge in [0.05, 0.1) is 12.8 Å². The highest BCUT2D eigenvalue weighted by atomic mass is 16.3. The molecule has 1 aromatic heterocycles. The number of aliphatic hydroxyl groups excluding tert-OH is 1. The molecule has 1 aliphatic rings. The minimum Gasteiger partial charge on any atom is -0.395 e. The number of carbonyl (C=O) groups excluding carboxylic acids is 1. The van der Waals surface area contributed by atoms with Crippen LogP contribution < -0.4 is 5.73 Å². The fraction of sp³-hybridized carbons (Fsp3) is 0.636. The summed E-state index contributed by atoms with van der Waals surface area (Å²) in [5, 5.41) is 15.4. The van der Waals surface area contributed by atoms with Crippen molar-refractivity contribution in [2.75, 3.05) is 18.9 Å². The highest BCUT2D eigenvalue weighted by Gasteiger charge is 2.28. The van der Waals surface area contributed by atoms with Crippen LogP contribution in [-0.4, -0.2) is 45.3 Å². The Kier molecular flexibility index (Phi) is 3.63. The van der Waals surface area contributed by atoms with E-state index in [1.807, 2.05) is 0 Å². The van der Waals surface area contributed by atoms with Crippen molar-refractivity contribution in [2.45, 2.75) is 31.7 Å². The van der Waals surface area contributed by atoms with Crippen LogP contribution in [0.1, 0.15) is 36.0 Å². The number of nitrogens with zero attached hydrogens (tertiary/aromatic N) is 2. The molecule has 1 heterocycles. The molecule has 0 aliphatic heterocycles. The Bertz CT molecular complexity index is 385. The largest absolute Gasteiger partial charge is 0.395 e. The summed E-state index contributed by atoms with van der Waals surface area (Å²) in [6, 6.07) is 0.226. The third-order valence-corrected chi connectivity index (χ3v) is 3.27. The quantitative estimate of drug-likeness (QED) is 0.706. The lowest BCUT2D eigenvalue weighted by Gasteiger charge is -2.28. The van der Waals surface area contributed by atoms with Gasteiger partial charge in [-0.2, -0.15) is 5.10 Å². The summed E-state index contributed by atoms with van der Waals surface area (Å²) in [5.74, 6) is 0.146. The Balaban J connectivity index is 2.15. The van der Waals surface area contributed by atoms with Gasteiger partial charge >= 0.3 is 0 Å². The van der Waals surface area contributed by atoms with Crippen molar-refractivity contribution in [3.05, 3.63) is 11.8 Å². The monoisotopic (exact) mass is 238 g/mol. The lowest BCUT2D eigenvalue weighted by Crippen LogP contribution is -2.40. The number of hydrogen-bond acceptors (Lipinski definition) is 4. The van der Waals surface area contributed by atoms with E-state index in [2.05, 4.69) is 10.2 Å². The summed E-state index contributed by atoms with van der Waals surface area (Å²) in [7, 11) is 0. The molecule has 0 bridgehead atoms. The predicted octanol–water partition coefficient (Wildman–Crippen LogP) is 0.369.